The molecule has 1 heterocycles. The molecule has 0 spiro atoms. The van der Waals surface area contributed by atoms with E-state index in [4.69, 9.17) is 0 Å². The fourth-order valence-electron chi connectivity index (χ4n) is 3.25. The Kier molecular flexibility index (Phi) is 5.56. The lowest BCUT2D eigenvalue weighted by Crippen LogP contribution is -2.52. The van der Waals surface area contributed by atoms with E-state index in [1.807, 2.05) is 35.2 Å². The first-order valence-corrected chi connectivity index (χ1v) is 8.69. The standard InChI is InChI=1S/C20H25N3O2/c1-22-12-13-23(19(15-22)17-7-3-2-4-8-17)20(25)21-11-10-16-6-5-9-18(24)14-16/h2-9,14,19,24H,10-13,15H2,1H3,(H,21,25)/t19-/m1/s1. The molecule has 0 radical (unpaired) electrons. The molecule has 2 aromatic rings. The number of phenolic OH excluding ortho intramolecular Hbond substituents is 1. The Labute approximate surface area is 148 Å². The van der Waals surface area contributed by atoms with Gasteiger partial charge < -0.3 is 20.2 Å². The fraction of sp³-hybridized carbons (Fsp3) is 0.350. The monoisotopic (exact) mass is 339 g/mol. The number of aromatic hydroxyl groups is 1. The predicted molar refractivity (Wildman–Crippen MR) is 98.6 cm³/mol. The number of urea groups is 1. The molecule has 1 atom stereocenters. The zero-order chi connectivity index (χ0) is 17.6. The van der Waals surface area contributed by atoms with E-state index in [0.717, 1.165) is 24.2 Å². The van der Waals surface area contributed by atoms with Gasteiger partial charge in [0.15, 0.2) is 0 Å². The van der Waals surface area contributed by atoms with Crippen molar-refractivity contribution in [3.05, 3.63) is 65.7 Å². The number of nitrogens with one attached hydrogen (secondary N) is 1. The van der Waals surface area contributed by atoms with Gasteiger partial charge in [0.1, 0.15) is 5.75 Å². The summed E-state index contributed by atoms with van der Waals surface area (Å²) < 4.78 is 0. The van der Waals surface area contributed by atoms with Crippen LogP contribution in [-0.2, 0) is 6.42 Å². The summed E-state index contributed by atoms with van der Waals surface area (Å²) >= 11 is 0. The third kappa shape index (κ3) is 4.51. The van der Waals surface area contributed by atoms with Crippen LogP contribution in [0.1, 0.15) is 17.2 Å². The first-order chi connectivity index (χ1) is 12.1. The van der Waals surface area contributed by atoms with Crippen molar-refractivity contribution in [3.63, 3.8) is 0 Å². The van der Waals surface area contributed by atoms with E-state index in [2.05, 4.69) is 29.4 Å². The molecule has 2 amide bonds. The maximum atomic E-state index is 12.7. The third-order valence-electron chi connectivity index (χ3n) is 4.63. The first-order valence-electron chi connectivity index (χ1n) is 8.69. The van der Waals surface area contributed by atoms with E-state index >= 15 is 0 Å². The Hall–Kier alpha value is -2.53. The number of phenols is 1. The Bertz CT molecular complexity index is 705. The zero-order valence-corrected chi connectivity index (χ0v) is 14.6. The number of carbonyl (C=O) groups is 1. The van der Waals surface area contributed by atoms with Gasteiger partial charge in [-0.3, -0.25) is 0 Å². The van der Waals surface area contributed by atoms with E-state index in [0.29, 0.717) is 19.5 Å². The molecule has 0 aromatic heterocycles. The van der Waals surface area contributed by atoms with Crippen molar-refractivity contribution in [2.45, 2.75) is 12.5 Å². The van der Waals surface area contributed by atoms with Crippen molar-refractivity contribution in [2.75, 3.05) is 33.2 Å². The number of rotatable bonds is 4. The lowest BCUT2D eigenvalue weighted by molar-refractivity contribution is 0.109. The fourth-order valence-corrected chi connectivity index (χ4v) is 3.25. The average Bonchev–Trinajstić information content (AvgIpc) is 2.62. The topological polar surface area (TPSA) is 55.8 Å². The third-order valence-corrected chi connectivity index (χ3v) is 4.63. The highest BCUT2D eigenvalue weighted by atomic mass is 16.3. The summed E-state index contributed by atoms with van der Waals surface area (Å²) in [5.74, 6) is 0.257. The minimum atomic E-state index is -0.0258. The van der Waals surface area contributed by atoms with E-state index in [9.17, 15) is 9.90 Å². The van der Waals surface area contributed by atoms with Gasteiger partial charge in [0.25, 0.3) is 0 Å². The van der Waals surface area contributed by atoms with Crippen LogP contribution in [-0.4, -0.2) is 54.2 Å². The van der Waals surface area contributed by atoms with Gasteiger partial charge in [-0.25, -0.2) is 4.79 Å². The molecule has 2 N–H and O–H groups in total. The molecular weight excluding hydrogens is 314 g/mol. The summed E-state index contributed by atoms with van der Waals surface area (Å²) in [6.45, 7) is 2.98. The van der Waals surface area contributed by atoms with Gasteiger partial charge in [-0.05, 0) is 36.7 Å². The largest absolute Gasteiger partial charge is 0.508 e. The summed E-state index contributed by atoms with van der Waals surface area (Å²) in [5, 5.41) is 12.5. The number of hydrogen-bond donors (Lipinski definition) is 2. The van der Waals surface area contributed by atoms with Gasteiger partial charge in [0, 0.05) is 26.2 Å². The SMILES string of the molecule is CN1CCN(C(=O)NCCc2cccc(O)c2)[C@@H](c2ccccc2)C1. The highest BCUT2D eigenvalue weighted by molar-refractivity contribution is 5.75. The van der Waals surface area contributed by atoms with Crippen LogP contribution in [0.3, 0.4) is 0 Å². The second-order valence-corrected chi connectivity index (χ2v) is 6.53. The zero-order valence-electron chi connectivity index (χ0n) is 14.6. The molecule has 0 aliphatic carbocycles. The molecule has 1 fully saturated rings. The Balaban J connectivity index is 1.61. The van der Waals surface area contributed by atoms with Gasteiger partial charge in [0.05, 0.1) is 6.04 Å². The van der Waals surface area contributed by atoms with Gasteiger partial charge in [-0.2, -0.15) is 0 Å². The van der Waals surface area contributed by atoms with Crippen LogP contribution in [0, 0.1) is 0 Å². The van der Waals surface area contributed by atoms with Crippen LogP contribution in [0.25, 0.3) is 0 Å². The number of amides is 2. The van der Waals surface area contributed by atoms with Crippen molar-refractivity contribution in [3.8, 4) is 5.75 Å². The predicted octanol–water partition coefficient (Wildman–Crippen LogP) is 2.63. The second-order valence-electron chi connectivity index (χ2n) is 6.53. The van der Waals surface area contributed by atoms with Crippen LogP contribution in [0.2, 0.25) is 0 Å². The molecule has 1 saturated heterocycles. The van der Waals surface area contributed by atoms with Crippen molar-refractivity contribution in [1.29, 1.82) is 0 Å². The number of likely N-dealkylation sites (N-methyl/N-ethyl adjacent to an activating group) is 1. The van der Waals surface area contributed by atoms with Crippen LogP contribution < -0.4 is 5.32 Å². The summed E-state index contributed by atoms with van der Waals surface area (Å²) in [4.78, 5) is 16.9. The first kappa shape index (κ1) is 17.3. The number of nitrogens with zero attached hydrogens (tertiary/aromatic N) is 2. The van der Waals surface area contributed by atoms with E-state index in [1.54, 1.807) is 12.1 Å². The van der Waals surface area contributed by atoms with Gasteiger partial charge >= 0.3 is 6.03 Å². The van der Waals surface area contributed by atoms with Crippen LogP contribution in [0.4, 0.5) is 4.79 Å². The van der Waals surface area contributed by atoms with E-state index in [-0.39, 0.29) is 17.8 Å². The van der Waals surface area contributed by atoms with Crippen molar-refractivity contribution >= 4 is 6.03 Å². The van der Waals surface area contributed by atoms with E-state index < -0.39 is 0 Å². The van der Waals surface area contributed by atoms with Gasteiger partial charge in [0.2, 0.25) is 0 Å². The minimum Gasteiger partial charge on any atom is -0.508 e. The molecule has 0 bridgehead atoms. The maximum absolute atomic E-state index is 12.7. The lowest BCUT2D eigenvalue weighted by Gasteiger charge is -2.40. The number of hydrogen-bond acceptors (Lipinski definition) is 3. The average molecular weight is 339 g/mol. The van der Waals surface area contributed by atoms with Crippen LogP contribution >= 0.6 is 0 Å². The highest BCUT2D eigenvalue weighted by Crippen LogP contribution is 2.24. The van der Waals surface area contributed by atoms with Crippen LogP contribution in [0.15, 0.2) is 54.6 Å². The maximum Gasteiger partial charge on any atom is 0.318 e. The lowest BCUT2D eigenvalue weighted by atomic mass is 10.0. The molecule has 2 aromatic carbocycles. The Morgan fingerprint density at radius 1 is 1.16 bits per heavy atom. The molecule has 25 heavy (non-hydrogen) atoms. The molecule has 1 aliphatic rings. The van der Waals surface area contributed by atoms with E-state index in [1.165, 1.54) is 0 Å². The van der Waals surface area contributed by atoms with Gasteiger partial charge in [-0.15, -0.1) is 0 Å². The number of piperazine rings is 1. The highest BCUT2D eigenvalue weighted by Gasteiger charge is 2.29. The number of carbonyl (C=O) groups excluding carboxylic acids is 1. The summed E-state index contributed by atoms with van der Waals surface area (Å²) in [5.41, 5.74) is 2.18. The van der Waals surface area contributed by atoms with Crippen molar-refractivity contribution in [1.82, 2.24) is 15.1 Å². The smallest absolute Gasteiger partial charge is 0.318 e. The minimum absolute atomic E-state index is 0.0258. The summed E-state index contributed by atoms with van der Waals surface area (Å²) in [7, 11) is 2.09. The van der Waals surface area contributed by atoms with Crippen molar-refractivity contribution in [2.24, 2.45) is 0 Å². The molecule has 5 nitrogen and oxygen atoms in total. The van der Waals surface area contributed by atoms with Crippen LogP contribution in [0.5, 0.6) is 5.75 Å². The van der Waals surface area contributed by atoms with Gasteiger partial charge in [-0.1, -0.05) is 42.5 Å². The molecular formula is C20H25N3O2. The molecule has 0 unspecified atom stereocenters. The molecule has 3 rings (SSSR count). The summed E-state index contributed by atoms with van der Waals surface area (Å²) in [6, 6.07) is 17.4. The number of benzene rings is 2. The molecule has 1 aliphatic heterocycles. The normalized spacial score (nSPS) is 18.1. The molecule has 132 valence electrons. The quantitative estimate of drug-likeness (QED) is 0.900. The Morgan fingerprint density at radius 2 is 1.96 bits per heavy atom. The molecule has 5 heteroatoms. The van der Waals surface area contributed by atoms with Crippen molar-refractivity contribution < 1.29 is 9.90 Å². The summed E-state index contributed by atoms with van der Waals surface area (Å²) in [6.07, 6.45) is 0.698. The molecule has 0 saturated carbocycles. The Morgan fingerprint density at radius 3 is 2.72 bits per heavy atom. The second kappa shape index (κ2) is 8.03.